The summed E-state index contributed by atoms with van der Waals surface area (Å²) in [5.74, 6) is 6.26. The highest BCUT2D eigenvalue weighted by Gasteiger charge is 2.54. The maximum atomic E-state index is 13.4. The Kier molecular flexibility index (Phi) is 5.32. The summed E-state index contributed by atoms with van der Waals surface area (Å²) in [6.07, 6.45) is 2.36. The number of amides is 3. The molecule has 32 heavy (non-hydrogen) atoms. The first-order valence-electron chi connectivity index (χ1n) is 10.9. The van der Waals surface area contributed by atoms with Gasteiger partial charge in [0.15, 0.2) is 0 Å². The van der Waals surface area contributed by atoms with Gasteiger partial charge >= 0.3 is 6.03 Å². The average molecular weight is 433 g/mol. The largest absolute Gasteiger partial charge is 0.394 e. The van der Waals surface area contributed by atoms with E-state index in [0.717, 1.165) is 11.1 Å². The van der Waals surface area contributed by atoms with Crippen molar-refractivity contribution in [1.29, 1.82) is 0 Å². The molecule has 3 amide bonds. The number of aliphatic hydroxyl groups excluding tert-OH is 1. The number of benzene rings is 2. The minimum absolute atomic E-state index is 0.0702. The zero-order valence-corrected chi connectivity index (χ0v) is 17.5. The molecule has 2 aliphatic heterocycles. The summed E-state index contributed by atoms with van der Waals surface area (Å²) in [5, 5.41) is 12.6. The fraction of sp³-hybridized carbons (Fsp3) is 0.360. The normalized spacial score (nSPS) is 24.2. The number of hydrogen-bond donors (Lipinski definition) is 2. The smallest absolute Gasteiger partial charge is 0.322 e. The molecule has 3 aliphatic rings. The third kappa shape index (κ3) is 3.94. The minimum Gasteiger partial charge on any atom is -0.394 e. The Bertz CT molecular complexity index is 1100. The van der Waals surface area contributed by atoms with Crippen molar-refractivity contribution in [3.8, 4) is 11.8 Å². The number of urea groups is 1. The van der Waals surface area contributed by atoms with E-state index in [1.165, 1.54) is 35.9 Å². The molecule has 0 radical (unpaired) electrons. The lowest BCUT2D eigenvalue weighted by atomic mass is 9.73. The average Bonchev–Trinajstić information content (AvgIpc) is 3.59. The Balaban J connectivity index is 1.31. The molecule has 0 unspecified atom stereocenters. The molecule has 164 valence electrons. The van der Waals surface area contributed by atoms with Gasteiger partial charge in [-0.05, 0) is 48.7 Å². The van der Waals surface area contributed by atoms with Crippen LogP contribution in [0.3, 0.4) is 0 Å². The van der Waals surface area contributed by atoms with Crippen molar-refractivity contribution in [2.45, 2.75) is 30.8 Å². The predicted octanol–water partition coefficient (Wildman–Crippen LogP) is 2.79. The van der Waals surface area contributed by atoms with Crippen molar-refractivity contribution in [2.24, 2.45) is 5.92 Å². The van der Waals surface area contributed by atoms with Crippen LogP contribution < -0.4 is 5.32 Å². The van der Waals surface area contributed by atoms with Crippen molar-refractivity contribution < 1.29 is 19.1 Å². The van der Waals surface area contributed by atoms with Gasteiger partial charge in [-0.15, -0.1) is 0 Å². The zero-order chi connectivity index (χ0) is 22.2. The number of nitrogens with one attached hydrogen (secondary N) is 1. The van der Waals surface area contributed by atoms with E-state index in [0.29, 0.717) is 18.2 Å². The summed E-state index contributed by atoms with van der Waals surface area (Å²) in [5.41, 5.74) is 2.31. The number of nitrogens with zero attached hydrogens (tertiary/aromatic N) is 2. The van der Waals surface area contributed by atoms with Gasteiger partial charge in [-0.1, -0.05) is 30.0 Å². The van der Waals surface area contributed by atoms with Gasteiger partial charge < -0.3 is 20.2 Å². The number of halogens is 1. The van der Waals surface area contributed by atoms with Gasteiger partial charge in [0, 0.05) is 29.6 Å². The van der Waals surface area contributed by atoms with Gasteiger partial charge in [0.2, 0.25) is 5.91 Å². The molecule has 5 rings (SSSR count). The first-order chi connectivity index (χ1) is 15.5. The second kappa shape index (κ2) is 8.29. The molecule has 0 aromatic heterocycles. The minimum atomic E-state index is -0.446. The van der Waals surface area contributed by atoms with Crippen LogP contribution in [0.25, 0.3) is 0 Å². The van der Waals surface area contributed by atoms with Crippen molar-refractivity contribution in [3.63, 3.8) is 0 Å². The summed E-state index contributed by atoms with van der Waals surface area (Å²) in [4.78, 5) is 28.6. The van der Waals surface area contributed by atoms with Gasteiger partial charge in [0.05, 0.1) is 18.7 Å². The molecule has 2 saturated heterocycles. The lowest BCUT2D eigenvalue weighted by Gasteiger charge is -2.58. The Morgan fingerprint density at radius 1 is 1.19 bits per heavy atom. The van der Waals surface area contributed by atoms with Crippen molar-refractivity contribution in [2.75, 3.05) is 25.0 Å². The number of rotatable bonds is 3. The van der Waals surface area contributed by atoms with Crippen molar-refractivity contribution in [1.82, 2.24) is 9.80 Å². The van der Waals surface area contributed by atoms with E-state index in [1.54, 1.807) is 11.0 Å². The van der Waals surface area contributed by atoms with Gasteiger partial charge in [-0.3, -0.25) is 4.79 Å². The van der Waals surface area contributed by atoms with E-state index >= 15 is 0 Å². The summed E-state index contributed by atoms with van der Waals surface area (Å²) in [6, 6.07) is 12.6. The van der Waals surface area contributed by atoms with Crippen LogP contribution in [0.5, 0.6) is 0 Å². The second-order valence-corrected chi connectivity index (χ2v) is 8.63. The first kappa shape index (κ1) is 20.5. The van der Waals surface area contributed by atoms with E-state index in [1.807, 2.05) is 24.3 Å². The van der Waals surface area contributed by atoms with Crippen LogP contribution in [0.1, 0.15) is 29.9 Å². The molecule has 0 bridgehead atoms. The van der Waals surface area contributed by atoms with Crippen LogP contribution in [-0.2, 0) is 4.79 Å². The van der Waals surface area contributed by atoms with Crippen molar-refractivity contribution >= 4 is 17.6 Å². The number of carbonyl (C=O) groups excluding carboxylic acids is 2. The van der Waals surface area contributed by atoms with Crippen LogP contribution >= 0.6 is 0 Å². The fourth-order valence-corrected chi connectivity index (χ4v) is 4.62. The fourth-order valence-electron chi connectivity index (χ4n) is 4.62. The molecule has 2 aromatic rings. The molecule has 1 saturated carbocycles. The lowest BCUT2D eigenvalue weighted by molar-refractivity contribution is -0.159. The molecule has 2 heterocycles. The molecule has 3 fully saturated rings. The molecule has 0 spiro atoms. The van der Waals surface area contributed by atoms with Gasteiger partial charge in [0.1, 0.15) is 12.4 Å². The third-order valence-corrected chi connectivity index (χ3v) is 6.41. The van der Waals surface area contributed by atoms with Crippen LogP contribution in [0.15, 0.2) is 48.5 Å². The number of anilines is 1. The Labute approximate surface area is 186 Å². The highest BCUT2D eigenvalue weighted by atomic mass is 19.1. The van der Waals surface area contributed by atoms with Crippen LogP contribution in [0.4, 0.5) is 14.9 Å². The Hall–Kier alpha value is -3.37. The SMILES string of the molecule is O=C(Nc1cccc(F)c1)N1CC(=O)N2[C@H](CO)[C@H](c3ccc(C#CC4CC4)cc3)[C@H]2C1. The van der Waals surface area contributed by atoms with Crippen LogP contribution in [0.2, 0.25) is 0 Å². The molecule has 1 aliphatic carbocycles. The van der Waals surface area contributed by atoms with E-state index in [9.17, 15) is 19.1 Å². The Morgan fingerprint density at radius 3 is 2.66 bits per heavy atom. The van der Waals surface area contributed by atoms with E-state index < -0.39 is 11.8 Å². The predicted molar refractivity (Wildman–Crippen MR) is 117 cm³/mol. The van der Waals surface area contributed by atoms with Gasteiger partial charge in [-0.2, -0.15) is 0 Å². The highest BCUT2D eigenvalue weighted by molar-refractivity contribution is 5.93. The Morgan fingerprint density at radius 2 is 1.97 bits per heavy atom. The van der Waals surface area contributed by atoms with Crippen molar-refractivity contribution in [3.05, 3.63) is 65.5 Å². The summed E-state index contributed by atoms with van der Waals surface area (Å²) in [7, 11) is 0. The van der Waals surface area contributed by atoms with Crippen LogP contribution in [0, 0.1) is 23.6 Å². The first-order valence-corrected chi connectivity index (χ1v) is 10.9. The summed E-state index contributed by atoms with van der Waals surface area (Å²) in [6.45, 7) is 0.138. The van der Waals surface area contributed by atoms with Gasteiger partial charge in [0.25, 0.3) is 0 Å². The third-order valence-electron chi connectivity index (χ3n) is 6.41. The lowest BCUT2D eigenvalue weighted by Crippen LogP contribution is -2.73. The van der Waals surface area contributed by atoms with E-state index in [-0.39, 0.29) is 37.1 Å². The van der Waals surface area contributed by atoms with E-state index in [2.05, 4.69) is 17.2 Å². The molecule has 3 atom stereocenters. The zero-order valence-electron chi connectivity index (χ0n) is 17.5. The quantitative estimate of drug-likeness (QED) is 0.732. The summed E-state index contributed by atoms with van der Waals surface area (Å²) >= 11 is 0. The highest BCUT2D eigenvalue weighted by Crippen LogP contribution is 2.43. The van der Waals surface area contributed by atoms with E-state index in [4.69, 9.17) is 0 Å². The molecule has 7 heteroatoms. The summed E-state index contributed by atoms with van der Waals surface area (Å²) < 4.78 is 13.4. The maximum Gasteiger partial charge on any atom is 0.322 e. The van der Waals surface area contributed by atoms with Crippen LogP contribution in [-0.4, -0.2) is 58.6 Å². The number of piperazine rings is 1. The maximum absolute atomic E-state index is 13.4. The molecule has 2 N–H and O–H groups in total. The standard InChI is InChI=1S/C25H24FN3O3/c26-19-2-1-3-20(12-19)27-25(32)28-13-21-24(22(15-30)29(21)23(31)14-28)18-10-8-17(9-11-18)7-6-16-4-5-16/h1-3,8-12,16,21-22,24,30H,4-5,13-15H2,(H,27,32)/t21-,22-,24-/m1/s1. The molecular weight excluding hydrogens is 409 g/mol. The molecule has 6 nitrogen and oxygen atoms in total. The molecule has 2 aromatic carbocycles. The monoisotopic (exact) mass is 433 g/mol. The second-order valence-electron chi connectivity index (χ2n) is 8.63. The van der Waals surface area contributed by atoms with Gasteiger partial charge in [-0.25, -0.2) is 9.18 Å². The number of carbonyl (C=O) groups is 2. The number of hydrogen-bond acceptors (Lipinski definition) is 3. The number of fused-ring (bicyclic) bond motifs is 1. The topological polar surface area (TPSA) is 72.9 Å². The molecular formula is C25H24FN3O3. The number of aliphatic hydroxyl groups is 1.